The van der Waals surface area contributed by atoms with Gasteiger partial charge in [0, 0.05) is 12.6 Å². The lowest BCUT2D eigenvalue weighted by atomic mass is 10.3. The maximum absolute atomic E-state index is 4.76. The highest BCUT2D eigenvalue weighted by Gasteiger charge is 1.89. The molecule has 0 aliphatic heterocycles. The molecule has 0 saturated heterocycles. The van der Waals surface area contributed by atoms with Gasteiger partial charge in [-0.05, 0) is 13.0 Å². The summed E-state index contributed by atoms with van der Waals surface area (Å²) in [5, 5.41) is 9.72. The van der Waals surface area contributed by atoms with Gasteiger partial charge in [0.2, 0.25) is 0 Å². The van der Waals surface area contributed by atoms with E-state index >= 15 is 0 Å². The van der Waals surface area contributed by atoms with Crippen LogP contribution in [0.4, 0.5) is 0 Å². The van der Waals surface area contributed by atoms with Crippen LogP contribution in [0.2, 0.25) is 0 Å². The van der Waals surface area contributed by atoms with Gasteiger partial charge >= 0.3 is 0 Å². The van der Waals surface area contributed by atoms with Gasteiger partial charge in [-0.3, -0.25) is 4.99 Å². The summed E-state index contributed by atoms with van der Waals surface area (Å²) in [4.78, 5) is 3.95. The molecule has 0 fully saturated rings. The first kappa shape index (κ1) is 11.0. The second kappa shape index (κ2) is 8.13. The normalized spacial score (nSPS) is 12.2. The van der Waals surface area contributed by atoms with Gasteiger partial charge in [0.1, 0.15) is 6.34 Å². The van der Waals surface area contributed by atoms with E-state index in [1.165, 1.54) is 6.34 Å². The maximum Gasteiger partial charge on any atom is 0.134 e. The molecule has 5 heteroatoms. The molecule has 12 heavy (non-hydrogen) atoms. The molecule has 0 aromatic rings. The highest BCUT2D eigenvalue weighted by Crippen LogP contribution is 1.81. The van der Waals surface area contributed by atoms with Gasteiger partial charge in [0.15, 0.2) is 0 Å². The number of rotatable bonds is 6. The predicted molar refractivity (Wildman–Crippen MR) is 50.2 cm³/mol. The van der Waals surface area contributed by atoms with Crippen molar-refractivity contribution in [1.29, 1.82) is 0 Å². The molecule has 0 saturated carbocycles. The number of aliphatic imine (C=N–C) groups is 1. The van der Waals surface area contributed by atoms with Gasteiger partial charge < -0.3 is 11.2 Å². The maximum atomic E-state index is 4.76. The van der Waals surface area contributed by atoms with Crippen LogP contribution in [-0.2, 0) is 0 Å². The van der Waals surface area contributed by atoms with Crippen molar-refractivity contribution in [3.05, 3.63) is 0 Å². The zero-order valence-corrected chi connectivity index (χ0v) is 7.70. The molecule has 0 unspecified atom stereocenters. The summed E-state index contributed by atoms with van der Waals surface area (Å²) < 4.78 is 0. The molecule has 0 spiro atoms. The molecule has 5 nitrogen and oxygen atoms in total. The van der Waals surface area contributed by atoms with Crippen LogP contribution in [-0.4, -0.2) is 25.5 Å². The average Bonchev–Trinajstić information content (AvgIpc) is 2.02. The van der Waals surface area contributed by atoms with E-state index in [4.69, 9.17) is 5.84 Å². The molecule has 0 aliphatic carbocycles. The van der Waals surface area contributed by atoms with Crippen LogP contribution in [0.1, 0.15) is 20.3 Å². The van der Waals surface area contributed by atoms with E-state index < -0.39 is 0 Å². The Hall–Kier alpha value is -0.970. The third kappa shape index (κ3) is 9.03. The minimum Gasteiger partial charge on any atom is -0.314 e. The molecule has 0 bridgehead atoms. The van der Waals surface area contributed by atoms with Crippen LogP contribution in [0, 0.1) is 0 Å². The molecule has 0 rings (SSSR count). The van der Waals surface area contributed by atoms with Crippen molar-refractivity contribution in [2.45, 2.75) is 26.3 Å². The van der Waals surface area contributed by atoms with E-state index in [1.54, 1.807) is 0 Å². The highest BCUT2D eigenvalue weighted by atomic mass is 15.3. The number of nitrogens with one attached hydrogen (secondary N) is 1. The average molecular weight is 171 g/mol. The summed E-state index contributed by atoms with van der Waals surface area (Å²) >= 11 is 0. The van der Waals surface area contributed by atoms with Crippen LogP contribution >= 0.6 is 0 Å². The second-order valence-corrected chi connectivity index (χ2v) is 2.71. The largest absolute Gasteiger partial charge is 0.314 e. The Bertz CT molecular complexity index is 141. The van der Waals surface area contributed by atoms with Gasteiger partial charge in [-0.25, -0.2) is 0 Å². The fourth-order valence-electron chi connectivity index (χ4n) is 0.685. The lowest BCUT2D eigenvalue weighted by Crippen LogP contribution is -2.24. The topological polar surface area (TPSA) is 75.1 Å². The molecule has 0 aromatic carbocycles. The monoisotopic (exact) mass is 171 g/mol. The molecule has 3 N–H and O–H groups in total. The van der Waals surface area contributed by atoms with Gasteiger partial charge in [0.25, 0.3) is 0 Å². The van der Waals surface area contributed by atoms with Crippen LogP contribution in [0.3, 0.4) is 0 Å². The Morgan fingerprint density at radius 2 is 2.25 bits per heavy atom. The summed E-state index contributed by atoms with van der Waals surface area (Å²) in [5.74, 6) is 4.76. The minimum atomic E-state index is 0.540. The smallest absolute Gasteiger partial charge is 0.134 e. The predicted octanol–water partition coefficient (Wildman–Crippen LogP) is 0.729. The van der Waals surface area contributed by atoms with E-state index in [0.29, 0.717) is 6.04 Å². The summed E-state index contributed by atoms with van der Waals surface area (Å²) in [5.41, 5.74) is 0. The Morgan fingerprint density at radius 1 is 1.50 bits per heavy atom. The van der Waals surface area contributed by atoms with Crippen LogP contribution in [0.15, 0.2) is 15.3 Å². The summed E-state index contributed by atoms with van der Waals surface area (Å²) in [6, 6.07) is 0.540. The van der Waals surface area contributed by atoms with Gasteiger partial charge in [-0.2, -0.15) is 0 Å². The Morgan fingerprint density at radius 3 is 2.83 bits per heavy atom. The summed E-state index contributed by atoms with van der Waals surface area (Å²) in [6.07, 6.45) is 2.38. The van der Waals surface area contributed by atoms with Crippen molar-refractivity contribution >= 4 is 6.34 Å². The standard InChI is InChI=1S/C7H17N5/c1-7(2)10-5-3-4-9-6-11-12-8/h6-7,10H,3-5H2,1-2H3,(H2,8,9,11). The van der Waals surface area contributed by atoms with Crippen molar-refractivity contribution in [1.82, 2.24) is 5.32 Å². The Labute approximate surface area is 73.1 Å². The number of nitrogens with zero attached hydrogens (tertiary/aromatic N) is 3. The second-order valence-electron chi connectivity index (χ2n) is 2.71. The van der Waals surface area contributed by atoms with Crippen molar-refractivity contribution in [3.8, 4) is 0 Å². The third-order valence-electron chi connectivity index (χ3n) is 1.22. The molecule has 0 aliphatic rings. The van der Waals surface area contributed by atoms with E-state index in [9.17, 15) is 0 Å². The third-order valence-corrected chi connectivity index (χ3v) is 1.22. The zero-order valence-electron chi connectivity index (χ0n) is 7.70. The van der Waals surface area contributed by atoms with Crippen molar-refractivity contribution in [3.63, 3.8) is 0 Å². The molecule has 0 amide bonds. The molecular formula is C7H17N5. The van der Waals surface area contributed by atoms with Gasteiger partial charge in [0.05, 0.1) is 0 Å². The van der Waals surface area contributed by atoms with Crippen molar-refractivity contribution in [2.75, 3.05) is 13.1 Å². The first-order valence-electron chi connectivity index (χ1n) is 4.09. The number of nitrogens with two attached hydrogens (primary N) is 1. The zero-order chi connectivity index (χ0) is 9.23. The first-order valence-corrected chi connectivity index (χ1v) is 4.09. The van der Waals surface area contributed by atoms with Crippen LogP contribution < -0.4 is 11.2 Å². The quantitative estimate of drug-likeness (QED) is 0.154. The first-order chi connectivity index (χ1) is 5.77. The molecule has 0 heterocycles. The van der Waals surface area contributed by atoms with Gasteiger partial charge in [-0.15, -0.1) is 5.11 Å². The minimum absolute atomic E-state index is 0.540. The molecular weight excluding hydrogens is 154 g/mol. The van der Waals surface area contributed by atoms with E-state index in [0.717, 1.165) is 19.5 Å². The van der Waals surface area contributed by atoms with Crippen molar-refractivity contribution in [2.24, 2.45) is 21.2 Å². The molecule has 0 radical (unpaired) electrons. The lowest BCUT2D eigenvalue weighted by molar-refractivity contribution is 0.574. The SMILES string of the molecule is CC(C)NCCCN=CN=NN. The van der Waals surface area contributed by atoms with Gasteiger partial charge in [-0.1, -0.05) is 19.1 Å². The summed E-state index contributed by atoms with van der Waals surface area (Å²) in [6.45, 7) is 5.98. The van der Waals surface area contributed by atoms with E-state index in [-0.39, 0.29) is 0 Å². The van der Waals surface area contributed by atoms with E-state index in [2.05, 4.69) is 34.5 Å². The van der Waals surface area contributed by atoms with Crippen LogP contribution in [0.5, 0.6) is 0 Å². The molecule has 70 valence electrons. The Kier molecular flexibility index (Phi) is 7.47. The fourth-order valence-corrected chi connectivity index (χ4v) is 0.685. The van der Waals surface area contributed by atoms with Crippen molar-refractivity contribution < 1.29 is 0 Å². The van der Waals surface area contributed by atoms with E-state index in [1.807, 2.05) is 0 Å². The fraction of sp³-hybridized carbons (Fsp3) is 0.857. The molecule has 0 atom stereocenters. The highest BCUT2D eigenvalue weighted by molar-refractivity contribution is 5.54. The lowest BCUT2D eigenvalue weighted by Gasteiger charge is -2.05. The summed E-state index contributed by atoms with van der Waals surface area (Å²) in [7, 11) is 0. The number of hydrogen-bond acceptors (Lipinski definition) is 3. The number of hydrogen-bond donors (Lipinski definition) is 2. The molecule has 0 aromatic heterocycles. The Balaban J connectivity index is 3.10. The van der Waals surface area contributed by atoms with Crippen LogP contribution in [0.25, 0.3) is 0 Å².